The van der Waals surface area contributed by atoms with Gasteiger partial charge >= 0.3 is 0 Å². The topological polar surface area (TPSA) is 39.1 Å². The molecule has 5 heteroatoms. The predicted molar refractivity (Wildman–Crippen MR) is 77.7 cm³/mol. The van der Waals surface area contributed by atoms with Gasteiger partial charge in [-0.25, -0.2) is 0 Å². The van der Waals surface area contributed by atoms with Crippen LogP contribution in [0, 0.1) is 5.41 Å². The number of nitrogens with one attached hydrogen (secondary N) is 1. The minimum absolute atomic E-state index is 0.165. The van der Waals surface area contributed by atoms with Gasteiger partial charge in [-0.2, -0.15) is 5.10 Å². The van der Waals surface area contributed by atoms with Gasteiger partial charge in [-0.1, -0.05) is 25.4 Å². The standard InChI is InChI=1S/C14H24ClN3O/c1-4-11-13(15)12(18(3)17-11)8-14(9-16-5-2)6-7-19-10-14/h16H,4-10H2,1-3H3. The Morgan fingerprint density at radius 3 is 2.79 bits per heavy atom. The summed E-state index contributed by atoms with van der Waals surface area (Å²) in [5.74, 6) is 0. The summed E-state index contributed by atoms with van der Waals surface area (Å²) < 4.78 is 7.57. The second-order valence-corrected chi connectivity index (χ2v) is 5.82. The molecule has 0 radical (unpaired) electrons. The maximum absolute atomic E-state index is 6.46. The molecule has 1 atom stereocenters. The maximum Gasteiger partial charge on any atom is 0.0849 e. The summed E-state index contributed by atoms with van der Waals surface area (Å²) in [6, 6.07) is 0. The number of nitrogens with zero attached hydrogens (tertiary/aromatic N) is 2. The van der Waals surface area contributed by atoms with Crippen LogP contribution in [-0.4, -0.2) is 36.1 Å². The van der Waals surface area contributed by atoms with Crippen LogP contribution in [0.15, 0.2) is 0 Å². The highest BCUT2D eigenvalue weighted by Gasteiger charge is 2.36. The molecular formula is C14H24ClN3O. The number of rotatable bonds is 6. The Morgan fingerprint density at radius 1 is 1.47 bits per heavy atom. The van der Waals surface area contributed by atoms with Crippen LogP contribution >= 0.6 is 11.6 Å². The van der Waals surface area contributed by atoms with Crippen LogP contribution in [0.25, 0.3) is 0 Å². The number of aromatic nitrogens is 2. The molecule has 2 heterocycles. The molecule has 0 aromatic carbocycles. The highest BCUT2D eigenvalue weighted by molar-refractivity contribution is 6.31. The van der Waals surface area contributed by atoms with Gasteiger partial charge in [0.1, 0.15) is 0 Å². The van der Waals surface area contributed by atoms with Gasteiger partial charge < -0.3 is 10.1 Å². The Balaban J connectivity index is 2.19. The van der Waals surface area contributed by atoms with E-state index in [9.17, 15) is 0 Å². The summed E-state index contributed by atoms with van der Waals surface area (Å²) in [4.78, 5) is 0. The molecule has 19 heavy (non-hydrogen) atoms. The summed E-state index contributed by atoms with van der Waals surface area (Å²) in [6.45, 7) is 7.85. The monoisotopic (exact) mass is 285 g/mol. The lowest BCUT2D eigenvalue weighted by atomic mass is 9.82. The van der Waals surface area contributed by atoms with E-state index in [-0.39, 0.29) is 5.41 Å². The van der Waals surface area contributed by atoms with E-state index in [1.807, 2.05) is 11.7 Å². The minimum atomic E-state index is 0.165. The predicted octanol–water partition coefficient (Wildman–Crippen LogP) is 2.19. The summed E-state index contributed by atoms with van der Waals surface area (Å²) in [7, 11) is 1.98. The molecule has 1 aliphatic heterocycles. The second-order valence-electron chi connectivity index (χ2n) is 5.44. The SMILES string of the molecule is CCNCC1(Cc2c(Cl)c(CC)nn2C)CCOC1. The molecule has 1 N–H and O–H groups in total. The van der Waals surface area contributed by atoms with E-state index in [1.165, 1.54) is 0 Å². The third-order valence-electron chi connectivity index (χ3n) is 3.98. The number of hydrogen-bond donors (Lipinski definition) is 1. The van der Waals surface area contributed by atoms with Crippen LogP contribution in [0.5, 0.6) is 0 Å². The summed E-state index contributed by atoms with van der Waals surface area (Å²) in [5.41, 5.74) is 2.30. The Bertz CT molecular complexity index is 425. The molecule has 0 spiro atoms. The first kappa shape index (κ1) is 14.8. The lowest BCUT2D eigenvalue weighted by Gasteiger charge is -2.27. The number of ether oxygens (including phenoxy) is 1. The van der Waals surface area contributed by atoms with Crippen LogP contribution in [0.2, 0.25) is 5.02 Å². The lowest BCUT2D eigenvalue weighted by Crippen LogP contribution is -2.37. The molecule has 108 valence electrons. The Hall–Kier alpha value is -0.580. The van der Waals surface area contributed by atoms with E-state index < -0.39 is 0 Å². The fourth-order valence-electron chi connectivity index (χ4n) is 2.75. The molecule has 0 saturated carbocycles. The first-order chi connectivity index (χ1) is 9.12. The molecule has 4 nitrogen and oxygen atoms in total. The van der Waals surface area contributed by atoms with Gasteiger partial charge in [-0.05, 0) is 25.8 Å². The zero-order valence-electron chi connectivity index (χ0n) is 12.1. The molecule has 1 aromatic rings. The molecule has 1 fully saturated rings. The van der Waals surface area contributed by atoms with Gasteiger partial charge in [0, 0.05) is 25.6 Å². The first-order valence-electron chi connectivity index (χ1n) is 7.10. The zero-order valence-corrected chi connectivity index (χ0v) is 12.9. The number of hydrogen-bond acceptors (Lipinski definition) is 3. The normalized spacial score (nSPS) is 23.2. The molecule has 1 saturated heterocycles. The average Bonchev–Trinajstić information content (AvgIpc) is 2.97. The number of aryl methyl sites for hydroxylation is 2. The highest BCUT2D eigenvalue weighted by atomic mass is 35.5. The van der Waals surface area contributed by atoms with Crippen molar-refractivity contribution in [3.8, 4) is 0 Å². The fourth-order valence-corrected chi connectivity index (χ4v) is 3.11. The van der Waals surface area contributed by atoms with Crippen molar-refractivity contribution in [2.24, 2.45) is 12.5 Å². The largest absolute Gasteiger partial charge is 0.381 e. The smallest absolute Gasteiger partial charge is 0.0849 e. The van der Waals surface area contributed by atoms with Crippen molar-refractivity contribution in [2.75, 3.05) is 26.3 Å². The molecule has 1 unspecified atom stereocenters. The second kappa shape index (κ2) is 6.25. The summed E-state index contributed by atoms with van der Waals surface area (Å²) in [6.07, 6.45) is 2.90. The third-order valence-corrected chi connectivity index (χ3v) is 4.42. The van der Waals surface area contributed by atoms with Crippen molar-refractivity contribution in [3.63, 3.8) is 0 Å². The van der Waals surface area contributed by atoms with Gasteiger partial charge in [0.25, 0.3) is 0 Å². The van der Waals surface area contributed by atoms with E-state index in [0.717, 1.165) is 62.0 Å². The molecule has 0 bridgehead atoms. The van der Waals surface area contributed by atoms with Crippen LogP contribution < -0.4 is 5.32 Å². The first-order valence-corrected chi connectivity index (χ1v) is 7.48. The van der Waals surface area contributed by atoms with Crippen LogP contribution in [0.4, 0.5) is 0 Å². The molecule has 0 aliphatic carbocycles. The number of halogens is 1. The van der Waals surface area contributed by atoms with Gasteiger partial charge in [0.15, 0.2) is 0 Å². The van der Waals surface area contributed by atoms with Crippen molar-refractivity contribution >= 4 is 11.6 Å². The van der Waals surface area contributed by atoms with E-state index in [1.54, 1.807) is 0 Å². The maximum atomic E-state index is 6.46. The van der Waals surface area contributed by atoms with Gasteiger partial charge in [-0.15, -0.1) is 0 Å². The van der Waals surface area contributed by atoms with Crippen LogP contribution in [-0.2, 0) is 24.6 Å². The zero-order chi connectivity index (χ0) is 13.9. The summed E-state index contributed by atoms with van der Waals surface area (Å²) in [5, 5.41) is 8.80. The Morgan fingerprint density at radius 2 is 2.26 bits per heavy atom. The van der Waals surface area contributed by atoms with Crippen molar-refractivity contribution in [1.82, 2.24) is 15.1 Å². The Labute approximate surface area is 120 Å². The van der Waals surface area contributed by atoms with Gasteiger partial charge in [0.05, 0.1) is 23.0 Å². The molecule has 1 aromatic heterocycles. The van der Waals surface area contributed by atoms with Crippen molar-refractivity contribution in [1.29, 1.82) is 0 Å². The van der Waals surface area contributed by atoms with Crippen molar-refractivity contribution in [2.45, 2.75) is 33.1 Å². The van der Waals surface area contributed by atoms with E-state index in [2.05, 4.69) is 24.3 Å². The molecule has 1 aliphatic rings. The summed E-state index contributed by atoms with van der Waals surface area (Å²) >= 11 is 6.46. The van der Waals surface area contributed by atoms with Crippen LogP contribution in [0.1, 0.15) is 31.7 Å². The quantitative estimate of drug-likeness (QED) is 0.871. The lowest BCUT2D eigenvalue weighted by molar-refractivity contribution is 0.148. The van der Waals surface area contributed by atoms with E-state index in [4.69, 9.17) is 16.3 Å². The highest BCUT2D eigenvalue weighted by Crippen LogP contribution is 2.35. The molecular weight excluding hydrogens is 262 g/mol. The van der Waals surface area contributed by atoms with Crippen LogP contribution in [0.3, 0.4) is 0 Å². The van der Waals surface area contributed by atoms with Crippen molar-refractivity contribution < 1.29 is 4.74 Å². The third kappa shape index (κ3) is 3.12. The fraction of sp³-hybridized carbons (Fsp3) is 0.786. The average molecular weight is 286 g/mol. The Kier molecular flexibility index (Phi) is 4.87. The van der Waals surface area contributed by atoms with E-state index in [0.29, 0.717) is 0 Å². The minimum Gasteiger partial charge on any atom is -0.381 e. The van der Waals surface area contributed by atoms with E-state index >= 15 is 0 Å². The molecule has 0 amide bonds. The van der Waals surface area contributed by atoms with Gasteiger partial charge in [-0.3, -0.25) is 4.68 Å². The van der Waals surface area contributed by atoms with Gasteiger partial charge in [0.2, 0.25) is 0 Å². The molecule has 2 rings (SSSR count). The van der Waals surface area contributed by atoms with Crippen molar-refractivity contribution in [3.05, 3.63) is 16.4 Å².